The number of pyridine rings is 1. The number of rotatable bonds is 3. The minimum absolute atomic E-state index is 0.0835. The number of anilines is 4. The number of fused-ring (bicyclic) bond motifs is 4. The SMILES string of the molecule is O=C(Nc1cnccn1)c1cc2c(nc1N1CCCC(C(F)(F)F)C1)N[C@H]1CCCN2C1. The highest BCUT2D eigenvalue weighted by molar-refractivity contribution is 6.08. The van der Waals surface area contributed by atoms with Gasteiger partial charge in [0.2, 0.25) is 0 Å². The summed E-state index contributed by atoms with van der Waals surface area (Å²) in [5.41, 5.74) is 1.04. The molecule has 2 atom stereocenters. The van der Waals surface area contributed by atoms with Crippen LogP contribution in [0.25, 0.3) is 0 Å². The van der Waals surface area contributed by atoms with Crippen LogP contribution in [-0.4, -0.2) is 59.3 Å². The number of nitrogens with one attached hydrogen (secondary N) is 2. The summed E-state index contributed by atoms with van der Waals surface area (Å²) in [6, 6.07) is 2.00. The van der Waals surface area contributed by atoms with Crippen LogP contribution in [0, 0.1) is 5.92 Å². The molecule has 0 saturated carbocycles. The van der Waals surface area contributed by atoms with Crippen LogP contribution in [0.1, 0.15) is 36.0 Å². The van der Waals surface area contributed by atoms with E-state index in [0.29, 0.717) is 18.8 Å². The van der Waals surface area contributed by atoms with E-state index in [0.717, 1.165) is 31.6 Å². The van der Waals surface area contributed by atoms with Crippen LogP contribution >= 0.6 is 0 Å². The average molecular weight is 447 g/mol. The summed E-state index contributed by atoms with van der Waals surface area (Å²) in [6.07, 6.45) is 2.59. The predicted octanol–water partition coefficient (Wildman–Crippen LogP) is 3.30. The molecule has 2 saturated heterocycles. The lowest BCUT2D eigenvalue weighted by Crippen LogP contribution is -2.47. The standard InChI is InChI=1S/C21H24F3N7O/c22-21(23,24)13-3-1-8-31(11-13)19-15(20(32)28-17-10-25-5-6-26-17)9-16-18(29-19)27-14-4-2-7-30(16)12-14/h5-6,9-10,13-14H,1-4,7-8,11-12H2,(H,27,29)(H,26,28,32)/t13?,14-/m0/s1. The molecule has 2 aromatic rings. The lowest BCUT2D eigenvalue weighted by atomic mass is 9.96. The largest absolute Gasteiger partial charge is 0.393 e. The van der Waals surface area contributed by atoms with E-state index in [1.807, 2.05) is 0 Å². The van der Waals surface area contributed by atoms with Crippen molar-refractivity contribution in [1.82, 2.24) is 15.0 Å². The molecule has 3 aliphatic heterocycles. The van der Waals surface area contributed by atoms with Gasteiger partial charge in [-0.25, -0.2) is 9.97 Å². The smallest absolute Gasteiger partial charge is 0.366 e. The first kappa shape index (κ1) is 20.8. The highest BCUT2D eigenvalue weighted by atomic mass is 19.4. The van der Waals surface area contributed by atoms with Crippen molar-refractivity contribution in [2.75, 3.05) is 46.6 Å². The summed E-state index contributed by atoms with van der Waals surface area (Å²) >= 11 is 0. The maximum Gasteiger partial charge on any atom is 0.393 e. The molecule has 1 amide bonds. The van der Waals surface area contributed by atoms with Crippen molar-refractivity contribution in [2.45, 2.75) is 37.9 Å². The average Bonchev–Trinajstić information content (AvgIpc) is 2.79. The molecular formula is C21H24F3N7O. The summed E-state index contributed by atoms with van der Waals surface area (Å²) in [6.45, 7) is 1.88. The van der Waals surface area contributed by atoms with Crippen LogP contribution in [-0.2, 0) is 0 Å². The van der Waals surface area contributed by atoms with Crippen molar-refractivity contribution in [3.05, 3.63) is 30.2 Å². The van der Waals surface area contributed by atoms with E-state index in [4.69, 9.17) is 4.98 Å². The molecule has 2 N–H and O–H groups in total. The second-order valence-electron chi connectivity index (χ2n) is 8.53. The number of amides is 1. The Hall–Kier alpha value is -3.11. The third-order valence-corrected chi connectivity index (χ3v) is 6.32. The normalized spacial score (nSPS) is 22.7. The van der Waals surface area contributed by atoms with Crippen LogP contribution < -0.4 is 20.4 Å². The first-order valence-electron chi connectivity index (χ1n) is 10.8. The second-order valence-corrected chi connectivity index (χ2v) is 8.53. The number of piperidine rings is 2. The van der Waals surface area contributed by atoms with Gasteiger partial charge in [-0.15, -0.1) is 0 Å². The molecule has 0 radical (unpaired) electrons. The van der Waals surface area contributed by atoms with Crippen molar-refractivity contribution < 1.29 is 18.0 Å². The molecule has 170 valence electrons. The van der Waals surface area contributed by atoms with Crippen molar-refractivity contribution in [3.63, 3.8) is 0 Å². The third kappa shape index (κ3) is 4.03. The summed E-state index contributed by atoms with van der Waals surface area (Å²) in [7, 11) is 0. The molecule has 2 bridgehead atoms. The van der Waals surface area contributed by atoms with Gasteiger partial charge in [-0.05, 0) is 31.7 Å². The number of hydrogen-bond acceptors (Lipinski definition) is 7. The molecule has 5 heterocycles. The van der Waals surface area contributed by atoms with Gasteiger partial charge in [-0.2, -0.15) is 13.2 Å². The van der Waals surface area contributed by atoms with Crippen molar-refractivity contribution >= 4 is 29.0 Å². The molecule has 2 fully saturated rings. The first-order chi connectivity index (χ1) is 15.4. The Kier molecular flexibility index (Phi) is 5.26. The Labute approximate surface area is 183 Å². The van der Waals surface area contributed by atoms with E-state index < -0.39 is 18.0 Å². The van der Waals surface area contributed by atoms with Crippen LogP contribution in [0.15, 0.2) is 24.7 Å². The minimum atomic E-state index is -4.28. The van der Waals surface area contributed by atoms with Crippen LogP contribution in [0.3, 0.4) is 0 Å². The van der Waals surface area contributed by atoms with Crippen molar-refractivity contribution in [1.29, 1.82) is 0 Å². The molecular weight excluding hydrogens is 423 g/mol. The summed E-state index contributed by atoms with van der Waals surface area (Å²) < 4.78 is 40.3. The maximum absolute atomic E-state index is 13.4. The number of halogens is 3. The molecule has 8 nitrogen and oxygen atoms in total. The van der Waals surface area contributed by atoms with Crippen LogP contribution in [0.2, 0.25) is 0 Å². The van der Waals surface area contributed by atoms with Crippen molar-refractivity contribution in [2.24, 2.45) is 5.92 Å². The Bertz CT molecular complexity index is 1000. The van der Waals surface area contributed by atoms with Gasteiger partial charge in [0.05, 0.1) is 23.4 Å². The number of carbonyl (C=O) groups excluding carboxylic acids is 1. The van der Waals surface area contributed by atoms with Crippen molar-refractivity contribution in [3.8, 4) is 0 Å². The van der Waals surface area contributed by atoms with Crippen LogP contribution in [0.4, 0.5) is 36.3 Å². The van der Waals surface area contributed by atoms with Gasteiger partial charge in [0.25, 0.3) is 5.91 Å². The molecule has 0 spiro atoms. The number of carbonyl (C=O) groups is 1. The fraction of sp³-hybridized carbons (Fsp3) is 0.524. The van der Waals surface area contributed by atoms with E-state index in [2.05, 4.69) is 25.5 Å². The van der Waals surface area contributed by atoms with Gasteiger partial charge >= 0.3 is 6.18 Å². The fourth-order valence-electron chi connectivity index (χ4n) is 4.74. The van der Waals surface area contributed by atoms with E-state index in [9.17, 15) is 18.0 Å². The number of alkyl halides is 3. The topological polar surface area (TPSA) is 86.3 Å². The first-order valence-corrected chi connectivity index (χ1v) is 10.8. The van der Waals surface area contributed by atoms with Gasteiger partial charge in [0.15, 0.2) is 11.6 Å². The zero-order valence-corrected chi connectivity index (χ0v) is 17.4. The highest BCUT2D eigenvalue weighted by Gasteiger charge is 2.43. The van der Waals surface area contributed by atoms with Gasteiger partial charge in [-0.3, -0.25) is 9.78 Å². The molecule has 0 aliphatic carbocycles. The molecule has 1 unspecified atom stereocenters. The van der Waals surface area contributed by atoms with Gasteiger partial charge in [0.1, 0.15) is 5.82 Å². The van der Waals surface area contributed by atoms with E-state index in [1.54, 1.807) is 11.0 Å². The summed E-state index contributed by atoms with van der Waals surface area (Å²) in [5, 5.41) is 6.11. The Morgan fingerprint density at radius 3 is 2.72 bits per heavy atom. The number of aromatic nitrogens is 3. The Morgan fingerprint density at radius 1 is 1.12 bits per heavy atom. The maximum atomic E-state index is 13.4. The van der Waals surface area contributed by atoms with E-state index in [1.165, 1.54) is 18.6 Å². The van der Waals surface area contributed by atoms with E-state index in [-0.39, 0.29) is 36.2 Å². The number of hydrogen-bond donors (Lipinski definition) is 2. The van der Waals surface area contributed by atoms with Gasteiger partial charge in [0, 0.05) is 44.6 Å². The molecule has 3 aliphatic rings. The quantitative estimate of drug-likeness (QED) is 0.747. The highest BCUT2D eigenvalue weighted by Crippen LogP contribution is 2.40. The predicted molar refractivity (Wildman–Crippen MR) is 114 cm³/mol. The van der Waals surface area contributed by atoms with Gasteiger partial charge < -0.3 is 20.4 Å². The fourth-order valence-corrected chi connectivity index (χ4v) is 4.74. The molecule has 2 aromatic heterocycles. The zero-order chi connectivity index (χ0) is 22.3. The summed E-state index contributed by atoms with van der Waals surface area (Å²) in [4.78, 5) is 29.7. The second kappa shape index (κ2) is 8.10. The van der Waals surface area contributed by atoms with Crippen LogP contribution in [0.5, 0.6) is 0 Å². The lowest BCUT2D eigenvalue weighted by molar-refractivity contribution is -0.176. The zero-order valence-electron chi connectivity index (χ0n) is 17.4. The van der Waals surface area contributed by atoms with Gasteiger partial charge in [-0.1, -0.05) is 0 Å². The summed E-state index contributed by atoms with van der Waals surface area (Å²) in [5.74, 6) is -0.747. The van der Waals surface area contributed by atoms with E-state index >= 15 is 0 Å². The third-order valence-electron chi connectivity index (χ3n) is 6.32. The molecule has 5 rings (SSSR count). The Morgan fingerprint density at radius 2 is 1.94 bits per heavy atom. The minimum Gasteiger partial charge on any atom is -0.366 e. The number of nitrogens with zero attached hydrogens (tertiary/aromatic N) is 5. The monoisotopic (exact) mass is 447 g/mol. The molecule has 0 aromatic carbocycles. The molecule has 11 heteroatoms. The lowest BCUT2D eigenvalue weighted by Gasteiger charge is -2.42. The molecule has 32 heavy (non-hydrogen) atoms. The Balaban J connectivity index is 1.53.